The van der Waals surface area contributed by atoms with Crippen molar-refractivity contribution >= 4 is 5.96 Å². The molecule has 0 unspecified atom stereocenters. The van der Waals surface area contributed by atoms with Crippen LogP contribution in [0.1, 0.15) is 29.5 Å². The van der Waals surface area contributed by atoms with Gasteiger partial charge in [-0.2, -0.15) is 0 Å². The van der Waals surface area contributed by atoms with Crippen LogP contribution in [-0.2, 0) is 11.2 Å². The third-order valence-electron chi connectivity index (χ3n) is 5.93. The highest BCUT2D eigenvalue weighted by atomic mass is 16.7. The van der Waals surface area contributed by atoms with E-state index in [4.69, 9.17) is 25.7 Å². The van der Waals surface area contributed by atoms with Crippen LogP contribution in [0.2, 0.25) is 0 Å². The molecule has 0 aliphatic carbocycles. The molecule has 1 aliphatic heterocycles. The van der Waals surface area contributed by atoms with Crippen LogP contribution in [0.4, 0.5) is 0 Å². The highest BCUT2D eigenvalue weighted by molar-refractivity contribution is 5.75. The van der Waals surface area contributed by atoms with Crippen molar-refractivity contribution < 1.29 is 39.7 Å². The zero-order valence-corrected chi connectivity index (χ0v) is 20.2. The molecule has 2 aromatic carbocycles. The molecular formula is C25H35N3O8. The normalized spacial score (nSPS) is 23.8. The van der Waals surface area contributed by atoms with E-state index in [1.807, 2.05) is 31.2 Å². The van der Waals surface area contributed by atoms with Gasteiger partial charge in [-0.3, -0.25) is 4.99 Å². The Labute approximate surface area is 209 Å². The molecule has 1 aliphatic rings. The molecule has 9 N–H and O–H groups in total. The molecule has 5 atom stereocenters. The molecule has 0 saturated carbocycles. The number of aliphatic hydroxyl groups is 4. The molecular weight excluding hydrogens is 470 g/mol. The SMILES string of the molecule is Cc1cc(O)cc(O[C@@H]2O[C@H](CO)[C@@H](O)[C@H](O)[C@H]2O)c1Cc1ccc(OCCCCN=C(N)N)cc1. The average molecular weight is 506 g/mol. The van der Waals surface area contributed by atoms with Gasteiger partial charge in [-0.25, -0.2) is 0 Å². The number of aryl methyl sites for hydroxylation is 1. The van der Waals surface area contributed by atoms with Gasteiger partial charge in [0.05, 0.1) is 13.2 Å². The lowest BCUT2D eigenvalue weighted by Crippen LogP contribution is -2.60. The van der Waals surface area contributed by atoms with Crippen LogP contribution in [-0.4, -0.2) is 82.0 Å². The Morgan fingerprint density at radius 2 is 1.75 bits per heavy atom. The van der Waals surface area contributed by atoms with E-state index in [1.54, 1.807) is 6.07 Å². The van der Waals surface area contributed by atoms with Gasteiger partial charge in [0, 0.05) is 24.6 Å². The molecule has 0 aromatic heterocycles. The van der Waals surface area contributed by atoms with Crippen molar-refractivity contribution in [2.75, 3.05) is 19.8 Å². The first-order valence-electron chi connectivity index (χ1n) is 11.8. The molecule has 0 spiro atoms. The average Bonchev–Trinajstić information content (AvgIpc) is 2.84. The highest BCUT2D eigenvalue weighted by Gasteiger charge is 2.45. The quantitative estimate of drug-likeness (QED) is 0.123. The summed E-state index contributed by atoms with van der Waals surface area (Å²) in [6.45, 7) is 2.34. The number of nitrogens with zero attached hydrogens (tertiary/aromatic N) is 1. The zero-order valence-electron chi connectivity index (χ0n) is 20.2. The number of aliphatic imine (C=N–C) groups is 1. The molecule has 36 heavy (non-hydrogen) atoms. The van der Waals surface area contributed by atoms with Crippen molar-refractivity contribution in [3.8, 4) is 17.2 Å². The maximum Gasteiger partial charge on any atom is 0.229 e. The summed E-state index contributed by atoms with van der Waals surface area (Å²) in [5.41, 5.74) is 13.0. The van der Waals surface area contributed by atoms with Gasteiger partial charge in [-0.1, -0.05) is 12.1 Å². The summed E-state index contributed by atoms with van der Waals surface area (Å²) >= 11 is 0. The minimum absolute atomic E-state index is 0.0422. The van der Waals surface area contributed by atoms with Crippen LogP contribution in [0.5, 0.6) is 17.2 Å². The van der Waals surface area contributed by atoms with Crippen molar-refractivity contribution in [1.82, 2.24) is 0 Å². The van der Waals surface area contributed by atoms with Crippen LogP contribution < -0.4 is 20.9 Å². The van der Waals surface area contributed by atoms with Crippen LogP contribution in [0.25, 0.3) is 0 Å². The van der Waals surface area contributed by atoms with E-state index < -0.39 is 37.3 Å². The smallest absolute Gasteiger partial charge is 0.229 e. The van der Waals surface area contributed by atoms with Crippen molar-refractivity contribution in [3.63, 3.8) is 0 Å². The summed E-state index contributed by atoms with van der Waals surface area (Å²) in [6.07, 6.45) is -5.02. The first-order valence-corrected chi connectivity index (χ1v) is 11.8. The Balaban J connectivity index is 1.67. The van der Waals surface area contributed by atoms with E-state index in [-0.39, 0.29) is 17.5 Å². The second kappa shape index (κ2) is 12.7. The summed E-state index contributed by atoms with van der Waals surface area (Å²) < 4.78 is 17.1. The van der Waals surface area contributed by atoms with Crippen LogP contribution in [0.3, 0.4) is 0 Å². The van der Waals surface area contributed by atoms with Crippen molar-refractivity contribution in [3.05, 3.63) is 53.1 Å². The number of nitrogens with two attached hydrogens (primary N) is 2. The zero-order chi connectivity index (χ0) is 26.2. The van der Waals surface area contributed by atoms with Gasteiger partial charge in [0.25, 0.3) is 0 Å². The van der Waals surface area contributed by atoms with Crippen molar-refractivity contribution in [2.45, 2.75) is 56.9 Å². The van der Waals surface area contributed by atoms with E-state index in [0.717, 1.165) is 35.3 Å². The van der Waals surface area contributed by atoms with Gasteiger partial charge in [-0.15, -0.1) is 0 Å². The lowest BCUT2D eigenvalue weighted by molar-refractivity contribution is -0.277. The first-order chi connectivity index (χ1) is 17.2. The summed E-state index contributed by atoms with van der Waals surface area (Å²) in [5, 5.41) is 49.9. The fraction of sp³-hybridized carbons (Fsp3) is 0.480. The lowest BCUT2D eigenvalue weighted by Gasteiger charge is -2.39. The van der Waals surface area contributed by atoms with E-state index in [1.165, 1.54) is 6.07 Å². The van der Waals surface area contributed by atoms with Gasteiger partial charge in [-0.05, 0) is 49.1 Å². The van der Waals surface area contributed by atoms with Crippen LogP contribution in [0, 0.1) is 6.92 Å². The standard InChI is InChI=1S/C25H35N3O8/c1-14-10-16(30)12-19(35-24-23(33)22(32)21(31)20(13-29)36-24)18(14)11-15-4-6-17(7-5-15)34-9-3-2-8-28-25(26)27/h4-7,10,12,20-24,29-33H,2-3,8-9,11,13H2,1H3,(H4,26,27,28)/t20-,21-,22+,23-,24-/m1/s1. The van der Waals surface area contributed by atoms with Crippen LogP contribution in [0.15, 0.2) is 41.4 Å². The Kier molecular flexibility index (Phi) is 9.73. The van der Waals surface area contributed by atoms with Crippen molar-refractivity contribution in [2.24, 2.45) is 16.5 Å². The third-order valence-corrected chi connectivity index (χ3v) is 5.93. The Morgan fingerprint density at radius 3 is 2.42 bits per heavy atom. The highest BCUT2D eigenvalue weighted by Crippen LogP contribution is 2.33. The molecule has 1 saturated heterocycles. The number of hydrogen-bond acceptors (Lipinski definition) is 9. The van der Waals surface area contributed by atoms with Gasteiger partial charge in [0.2, 0.25) is 6.29 Å². The Morgan fingerprint density at radius 1 is 1.03 bits per heavy atom. The molecule has 0 amide bonds. The number of benzene rings is 2. The maximum atomic E-state index is 10.3. The van der Waals surface area contributed by atoms with Gasteiger partial charge >= 0.3 is 0 Å². The van der Waals surface area contributed by atoms with Crippen molar-refractivity contribution in [1.29, 1.82) is 0 Å². The monoisotopic (exact) mass is 505 g/mol. The number of unbranched alkanes of at least 4 members (excludes halogenated alkanes) is 1. The van der Waals surface area contributed by atoms with E-state index >= 15 is 0 Å². The fourth-order valence-corrected chi connectivity index (χ4v) is 3.91. The van der Waals surface area contributed by atoms with Gasteiger partial charge in [0.15, 0.2) is 5.96 Å². The molecule has 2 aromatic rings. The summed E-state index contributed by atoms with van der Waals surface area (Å²) in [5.74, 6) is 1.01. The summed E-state index contributed by atoms with van der Waals surface area (Å²) in [4.78, 5) is 3.93. The molecule has 1 fully saturated rings. The predicted octanol–water partition coefficient (Wildman–Crippen LogP) is -0.0975. The lowest BCUT2D eigenvalue weighted by atomic mass is 9.98. The number of rotatable bonds is 11. The minimum Gasteiger partial charge on any atom is -0.508 e. The summed E-state index contributed by atoms with van der Waals surface area (Å²) in [6, 6.07) is 10.5. The number of aliphatic hydroxyl groups excluding tert-OH is 4. The molecule has 3 rings (SSSR count). The molecule has 0 radical (unpaired) electrons. The van der Waals surface area contributed by atoms with E-state index in [2.05, 4.69) is 4.99 Å². The predicted molar refractivity (Wildman–Crippen MR) is 132 cm³/mol. The number of phenols is 1. The molecule has 0 bridgehead atoms. The second-order valence-electron chi connectivity index (χ2n) is 8.74. The summed E-state index contributed by atoms with van der Waals surface area (Å²) in [7, 11) is 0. The first kappa shape index (κ1) is 27.5. The number of hydrogen-bond donors (Lipinski definition) is 7. The number of guanidine groups is 1. The van der Waals surface area contributed by atoms with Gasteiger partial charge < -0.3 is 51.2 Å². The van der Waals surface area contributed by atoms with E-state index in [0.29, 0.717) is 19.6 Å². The Bertz CT molecular complexity index is 1010. The topological polar surface area (TPSA) is 193 Å². The Hall–Kier alpha value is -3.09. The fourth-order valence-electron chi connectivity index (χ4n) is 3.91. The largest absolute Gasteiger partial charge is 0.508 e. The molecule has 198 valence electrons. The minimum atomic E-state index is -1.57. The number of ether oxygens (including phenoxy) is 3. The molecule has 11 heteroatoms. The van der Waals surface area contributed by atoms with Gasteiger partial charge in [0.1, 0.15) is 41.7 Å². The maximum absolute atomic E-state index is 10.3. The number of phenolic OH excluding ortho intramolecular Hbond substituents is 1. The third kappa shape index (κ3) is 7.21. The second-order valence-corrected chi connectivity index (χ2v) is 8.74. The molecule has 11 nitrogen and oxygen atoms in total. The van der Waals surface area contributed by atoms with E-state index in [9.17, 15) is 25.5 Å². The molecule has 1 heterocycles. The van der Waals surface area contributed by atoms with Crippen LogP contribution >= 0.6 is 0 Å². The number of aromatic hydroxyl groups is 1.